The summed E-state index contributed by atoms with van der Waals surface area (Å²) in [5, 5.41) is 4.76. The maximum Gasteiger partial charge on any atom is 0.143 e. The molecule has 0 spiro atoms. The van der Waals surface area contributed by atoms with Crippen LogP contribution in [0.15, 0.2) is 271 Å². The van der Waals surface area contributed by atoms with E-state index in [0.29, 0.717) is 0 Å². The van der Waals surface area contributed by atoms with Crippen LogP contribution in [-0.4, -0.2) is 4.57 Å². The zero-order valence-electron chi connectivity index (χ0n) is 37.7. The maximum absolute atomic E-state index is 6.52. The molecule has 13 aromatic rings. The number of rotatable bonds is 9. The van der Waals surface area contributed by atoms with Gasteiger partial charge in [0.25, 0.3) is 0 Å². The number of hydrogen-bond donors (Lipinski definition) is 0. The van der Waals surface area contributed by atoms with Gasteiger partial charge in [0.05, 0.1) is 16.7 Å². The number of anilines is 3. The number of benzene rings is 11. The van der Waals surface area contributed by atoms with Crippen LogP contribution in [0, 0.1) is 0 Å². The summed E-state index contributed by atoms with van der Waals surface area (Å²) in [5.41, 5.74) is 20.1. The standard InChI is InChI=1S/C66H44N2O/c1-2-17-45(18-3-1)46-33-39-49(40-34-46)67(51-43-37-48(38-44-51)53-20-5-7-22-55(53)60-27-16-28-61-59-26-11-15-32-65(59)69-66(60)61)50-41-35-47(36-42-50)52-19-4-6-21-54(52)56-23-8-12-29-62(56)68-63-30-13-9-24-57(63)58-25-10-14-31-64(58)68/h1-44H. The molecule has 0 bridgehead atoms. The number of furan rings is 1. The first-order chi connectivity index (χ1) is 34.2. The fraction of sp³-hybridized carbons (Fsp3) is 0. The molecular formula is C66H44N2O. The van der Waals surface area contributed by atoms with Crippen LogP contribution in [0.4, 0.5) is 17.1 Å². The second-order valence-corrected chi connectivity index (χ2v) is 17.6. The van der Waals surface area contributed by atoms with Crippen LogP contribution in [0.2, 0.25) is 0 Å². The molecule has 324 valence electrons. The lowest BCUT2D eigenvalue weighted by Crippen LogP contribution is -2.09. The Morgan fingerprint density at radius 1 is 0.261 bits per heavy atom. The van der Waals surface area contributed by atoms with Crippen molar-refractivity contribution >= 4 is 60.8 Å². The highest BCUT2D eigenvalue weighted by Crippen LogP contribution is 2.44. The van der Waals surface area contributed by atoms with E-state index in [-0.39, 0.29) is 0 Å². The number of fused-ring (bicyclic) bond motifs is 6. The molecule has 3 nitrogen and oxygen atoms in total. The maximum atomic E-state index is 6.52. The summed E-state index contributed by atoms with van der Waals surface area (Å²) in [4.78, 5) is 2.35. The molecule has 11 aromatic carbocycles. The van der Waals surface area contributed by atoms with Gasteiger partial charge in [0.15, 0.2) is 0 Å². The van der Waals surface area contributed by atoms with Gasteiger partial charge < -0.3 is 13.9 Å². The number of hydrogen-bond acceptors (Lipinski definition) is 2. The van der Waals surface area contributed by atoms with Crippen LogP contribution in [-0.2, 0) is 0 Å². The van der Waals surface area contributed by atoms with Gasteiger partial charge in [-0.15, -0.1) is 0 Å². The van der Waals surface area contributed by atoms with Crippen LogP contribution >= 0.6 is 0 Å². The Bertz CT molecular complexity index is 3940. The van der Waals surface area contributed by atoms with E-state index in [2.05, 4.69) is 264 Å². The van der Waals surface area contributed by atoms with Crippen LogP contribution in [0.5, 0.6) is 0 Å². The lowest BCUT2D eigenvalue weighted by molar-refractivity contribution is 0.670. The Morgan fingerprint density at radius 3 is 1.26 bits per heavy atom. The van der Waals surface area contributed by atoms with Crippen LogP contribution in [0.25, 0.3) is 105 Å². The summed E-state index contributed by atoms with van der Waals surface area (Å²) in [7, 11) is 0. The van der Waals surface area contributed by atoms with Gasteiger partial charge in [0.2, 0.25) is 0 Å². The molecule has 2 heterocycles. The minimum Gasteiger partial charge on any atom is -0.455 e. The molecule has 3 heteroatoms. The molecule has 0 radical (unpaired) electrons. The summed E-state index contributed by atoms with van der Waals surface area (Å²) >= 11 is 0. The largest absolute Gasteiger partial charge is 0.455 e. The Morgan fingerprint density at radius 2 is 0.667 bits per heavy atom. The summed E-state index contributed by atoms with van der Waals surface area (Å²) in [5.74, 6) is 0. The topological polar surface area (TPSA) is 21.3 Å². The molecule has 0 aliphatic rings. The van der Waals surface area contributed by atoms with Crippen molar-refractivity contribution in [2.24, 2.45) is 0 Å². The third-order valence-corrected chi connectivity index (χ3v) is 13.7. The number of para-hydroxylation sites is 5. The van der Waals surface area contributed by atoms with Crippen molar-refractivity contribution in [2.45, 2.75) is 0 Å². The summed E-state index contributed by atoms with van der Waals surface area (Å²) in [6.45, 7) is 0. The smallest absolute Gasteiger partial charge is 0.143 e. The van der Waals surface area contributed by atoms with Gasteiger partial charge in [-0.2, -0.15) is 0 Å². The second-order valence-electron chi connectivity index (χ2n) is 17.6. The van der Waals surface area contributed by atoms with Gasteiger partial charge in [0.1, 0.15) is 11.2 Å². The van der Waals surface area contributed by atoms with E-state index in [1.54, 1.807) is 0 Å². The van der Waals surface area contributed by atoms with Gasteiger partial charge in [-0.25, -0.2) is 0 Å². The van der Waals surface area contributed by atoms with E-state index in [1.165, 1.54) is 49.6 Å². The lowest BCUT2D eigenvalue weighted by atomic mass is 9.93. The van der Waals surface area contributed by atoms with Crippen LogP contribution in [0.3, 0.4) is 0 Å². The number of nitrogens with zero attached hydrogens (tertiary/aromatic N) is 2. The van der Waals surface area contributed by atoms with Crippen molar-refractivity contribution in [3.63, 3.8) is 0 Å². The van der Waals surface area contributed by atoms with E-state index in [1.807, 2.05) is 12.1 Å². The van der Waals surface area contributed by atoms with E-state index in [4.69, 9.17) is 4.42 Å². The molecule has 2 aromatic heterocycles. The Balaban J connectivity index is 0.891. The Labute approximate surface area is 401 Å². The van der Waals surface area contributed by atoms with Gasteiger partial charge in [-0.3, -0.25) is 0 Å². The van der Waals surface area contributed by atoms with Crippen molar-refractivity contribution in [3.8, 4) is 61.3 Å². The molecule has 0 N–H and O–H groups in total. The minimum absolute atomic E-state index is 0.900. The first-order valence-electron chi connectivity index (χ1n) is 23.6. The van der Waals surface area contributed by atoms with Crippen LogP contribution < -0.4 is 4.90 Å². The molecule has 0 aliphatic carbocycles. The molecule has 0 saturated carbocycles. The Kier molecular flexibility index (Phi) is 9.84. The minimum atomic E-state index is 0.900. The zero-order chi connectivity index (χ0) is 45.7. The molecule has 0 fully saturated rings. The SMILES string of the molecule is c1ccc(-c2ccc(N(c3ccc(-c4ccccc4-c4ccccc4-n4c5ccccc5c5ccccc54)cc3)c3ccc(-c4ccccc4-c4cccc5c4oc4ccccc45)cc3)cc2)cc1. The van der Waals surface area contributed by atoms with Crippen molar-refractivity contribution in [2.75, 3.05) is 4.90 Å². The monoisotopic (exact) mass is 880 g/mol. The molecule has 0 atom stereocenters. The highest BCUT2D eigenvalue weighted by Gasteiger charge is 2.20. The van der Waals surface area contributed by atoms with Crippen LogP contribution in [0.1, 0.15) is 0 Å². The fourth-order valence-corrected chi connectivity index (χ4v) is 10.4. The van der Waals surface area contributed by atoms with Gasteiger partial charge in [0, 0.05) is 49.7 Å². The molecule has 0 unspecified atom stereocenters. The predicted molar refractivity (Wildman–Crippen MR) is 290 cm³/mol. The zero-order valence-corrected chi connectivity index (χ0v) is 37.7. The summed E-state index contributed by atoms with van der Waals surface area (Å²) < 4.78 is 8.94. The van der Waals surface area contributed by atoms with E-state index in [0.717, 1.165) is 72.5 Å². The van der Waals surface area contributed by atoms with Crippen molar-refractivity contribution in [1.29, 1.82) is 0 Å². The lowest BCUT2D eigenvalue weighted by Gasteiger charge is -2.26. The third-order valence-electron chi connectivity index (χ3n) is 13.7. The van der Waals surface area contributed by atoms with Crippen molar-refractivity contribution < 1.29 is 4.42 Å². The van der Waals surface area contributed by atoms with Gasteiger partial charge >= 0.3 is 0 Å². The van der Waals surface area contributed by atoms with E-state index < -0.39 is 0 Å². The summed E-state index contributed by atoms with van der Waals surface area (Å²) in [6.07, 6.45) is 0. The molecule has 13 rings (SSSR count). The van der Waals surface area contributed by atoms with Gasteiger partial charge in [-0.05, 0) is 105 Å². The first kappa shape index (κ1) is 40.1. The highest BCUT2D eigenvalue weighted by molar-refractivity contribution is 6.11. The average molecular weight is 881 g/mol. The fourth-order valence-electron chi connectivity index (χ4n) is 10.4. The summed E-state index contributed by atoms with van der Waals surface area (Å²) in [6, 6.07) is 96.0. The van der Waals surface area contributed by atoms with E-state index >= 15 is 0 Å². The second kappa shape index (κ2) is 16.9. The van der Waals surface area contributed by atoms with Gasteiger partial charge in [-0.1, -0.05) is 206 Å². The first-order valence-corrected chi connectivity index (χ1v) is 23.6. The Hall–Kier alpha value is -9.18. The molecular weight excluding hydrogens is 837 g/mol. The van der Waals surface area contributed by atoms with Crippen molar-refractivity contribution in [1.82, 2.24) is 4.57 Å². The predicted octanol–water partition coefficient (Wildman–Crippen LogP) is 18.5. The molecule has 0 amide bonds. The van der Waals surface area contributed by atoms with E-state index in [9.17, 15) is 0 Å². The normalized spacial score (nSPS) is 11.5. The molecule has 0 saturated heterocycles. The quantitative estimate of drug-likeness (QED) is 0.144. The molecule has 69 heavy (non-hydrogen) atoms. The number of aromatic nitrogens is 1. The average Bonchev–Trinajstić information content (AvgIpc) is 3.98. The highest BCUT2D eigenvalue weighted by atomic mass is 16.3. The third kappa shape index (κ3) is 6.99. The molecule has 0 aliphatic heterocycles. The van der Waals surface area contributed by atoms with Crippen molar-refractivity contribution in [3.05, 3.63) is 267 Å².